The minimum absolute atomic E-state index is 0.805. The normalized spacial score (nSPS) is 35.3. The lowest BCUT2D eigenvalue weighted by Gasteiger charge is -2.27. The summed E-state index contributed by atoms with van der Waals surface area (Å²) in [4.78, 5) is 2.67. The summed E-state index contributed by atoms with van der Waals surface area (Å²) in [5, 5.41) is 3.67. The molecule has 17 heavy (non-hydrogen) atoms. The van der Waals surface area contributed by atoms with Crippen molar-refractivity contribution in [3.8, 4) is 0 Å². The van der Waals surface area contributed by atoms with Gasteiger partial charge in [-0.25, -0.2) is 0 Å². The van der Waals surface area contributed by atoms with Gasteiger partial charge in [0.05, 0.1) is 6.61 Å². The van der Waals surface area contributed by atoms with Gasteiger partial charge in [-0.2, -0.15) is 0 Å². The molecule has 2 aliphatic heterocycles. The first kappa shape index (κ1) is 11.9. The first-order valence-corrected chi connectivity index (χ1v) is 7.43. The van der Waals surface area contributed by atoms with Gasteiger partial charge in [-0.05, 0) is 57.0 Å². The predicted octanol–water partition coefficient (Wildman–Crippen LogP) is 1.49. The van der Waals surface area contributed by atoms with Crippen LogP contribution in [-0.2, 0) is 4.74 Å². The van der Waals surface area contributed by atoms with E-state index in [4.69, 9.17) is 4.74 Å². The van der Waals surface area contributed by atoms with E-state index in [-0.39, 0.29) is 0 Å². The molecule has 0 amide bonds. The molecule has 1 saturated carbocycles. The summed E-state index contributed by atoms with van der Waals surface area (Å²) in [5.41, 5.74) is 0. The summed E-state index contributed by atoms with van der Waals surface area (Å²) >= 11 is 0. The second-order valence-corrected chi connectivity index (χ2v) is 6.18. The largest absolute Gasteiger partial charge is 0.381 e. The summed E-state index contributed by atoms with van der Waals surface area (Å²) in [6, 6.07) is 0.871. The number of hydrogen-bond acceptors (Lipinski definition) is 3. The van der Waals surface area contributed by atoms with Gasteiger partial charge in [0.15, 0.2) is 0 Å². The molecule has 1 N–H and O–H groups in total. The lowest BCUT2D eigenvalue weighted by Crippen LogP contribution is -2.33. The monoisotopic (exact) mass is 238 g/mol. The van der Waals surface area contributed by atoms with Crippen LogP contribution in [0, 0.1) is 11.8 Å². The van der Waals surface area contributed by atoms with E-state index in [0.29, 0.717) is 0 Å². The molecule has 3 rings (SSSR count). The van der Waals surface area contributed by atoms with E-state index in [1.54, 1.807) is 0 Å². The maximum absolute atomic E-state index is 5.57. The Morgan fingerprint density at radius 1 is 1.12 bits per heavy atom. The van der Waals surface area contributed by atoms with Crippen molar-refractivity contribution < 1.29 is 4.74 Å². The summed E-state index contributed by atoms with van der Waals surface area (Å²) in [7, 11) is 0. The van der Waals surface area contributed by atoms with Crippen molar-refractivity contribution in [3.63, 3.8) is 0 Å². The Morgan fingerprint density at radius 3 is 2.82 bits per heavy atom. The molecule has 2 atom stereocenters. The zero-order chi connectivity index (χ0) is 11.5. The van der Waals surface area contributed by atoms with E-state index in [2.05, 4.69) is 10.2 Å². The number of hydrogen-bond donors (Lipinski definition) is 1. The molecule has 0 aromatic heterocycles. The van der Waals surface area contributed by atoms with Gasteiger partial charge >= 0.3 is 0 Å². The smallest absolute Gasteiger partial charge is 0.0506 e. The quantitative estimate of drug-likeness (QED) is 0.785. The van der Waals surface area contributed by atoms with Crippen LogP contribution in [0.5, 0.6) is 0 Å². The first-order chi connectivity index (χ1) is 8.40. The van der Waals surface area contributed by atoms with E-state index in [0.717, 1.165) is 31.1 Å². The van der Waals surface area contributed by atoms with Crippen LogP contribution in [0.3, 0.4) is 0 Å². The molecule has 98 valence electrons. The van der Waals surface area contributed by atoms with Crippen molar-refractivity contribution in [3.05, 3.63) is 0 Å². The summed E-state index contributed by atoms with van der Waals surface area (Å²) < 4.78 is 5.57. The van der Waals surface area contributed by atoms with Crippen LogP contribution >= 0.6 is 0 Å². The molecule has 2 unspecified atom stereocenters. The minimum Gasteiger partial charge on any atom is -0.381 e. The Labute approximate surface area is 105 Å². The fraction of sp³-hybridized carbons (Fsp3) is 1.00. The van der Waals surface area contributed by atoms with Crippen LogP contribution < -0.4 is 5.32 Å². The van der Waals surface area contributed by atoms with E-state index in [1.165, 1.54) is 58.3 Å². The lowest BCUT2D eigenvalue weighted by atomic mass is 10.0. The molecule has 0 bridgehead atoms. The third-order valence-corrected chi connectivity index (χ3v) is 4.41. The van der Waals surface area contributed by atoms with Crippen LogP contribution in [0.15, 0.2) is 0 Å². The minimum atomic E-state index is 0.805. The molecule has 0 radical (unpaired) electrons. The molecule has 2 heterocycles. The zero-order valence-corrected chi connectivity index (χ0v) is 10.9. The Hall–Kier alpha value is -0.120. The van der Waals surface area contributed by atoms with Gasteiger partial charge in [0, 0.05) is 25.7 Å². The SMILES string of the molecule is C1COCC(CN2CCC(CNC3CC3)C2)C1. The molecular formula is C14H26N2O. The maximum Gasteiger partial charge on any atom is 0.0506 e. The molecule has 3 nitrogen and oxygen atoms in total. The Kier molecular flexibility index (Phi) is 3.99. The average Bonchev–Trinajstić information content (AvgIpc) is 3.09. The highest BCUT2D eigenvalue weighted by molar-refractivity contribution is 4.85. The van der Waals surface area contributed by atoms with Crippen molar-refractivity contribution in [2.24, 2.45) is 11.8 Å². The average molecular weight is 238 g/mol. The summed E-state index contributed by atoms with van der Waals surface area (Å²) in [6.07, 6.45) is 6.87. The molecule has 3 heteroatoms. The van der Waals surface area contributed by atoms with Crippen LogP contribution in [-0.4, -0.2) is 50.3 Å². The molecule has 3 fully saturated rings. The topological polar surface area (TPSA) is 24.5 Å². The van der Waals surface area contributed by atoms with Gasteiger partial charge in [0.2, 0.25) is 0 Å². The van der Waals surface area contributed by atoms with E-state index in [1.807, 2.05) is 0 Å². The molecule has 0 spiro atoms. The summed E-state index contributed by atoms with van der Waals surface area (Å²) in [5.74, 6) is 1.71. The van der Waals surface area contributed by atoms with Gasteiger partial charge in [0.1, 0.15) is 0 Å². The maximum atomic E-state index is 5.57. The van der Waals surface area contributed by atoms with Crippen LogP contribution in [0.1, 0.15) is 32.1 Å². The highest BCUT2D eigenvalue weighted by Crippen LogP contribution is 2.23. The third kappa shape index (κ3) is 3.67. The highest BCUT2D eigenvalue weighted by atomic mass is 16.5. The van der Waals surface area contributed by atoms with Gasteiger partial charge in [0.25, 0.3) is 0 Å². The van der Waals surface area contributed by atoms with Crippen molar-refractivity contribution in [2.75, 3.05) is 39.4 Å². The van der Waals surface area contributed by atoms with Crippen molar-refractivity contribution in [2.45, 2.75) is 38.1 Å². The predicted molar refractivity (Wildman–Crippen MR) is 69.1 cm³/mol. The fourth-order valence-corrected chi connectivity index (χ4v) is 3.18. The van der Waals surface area contributed by atoms with Crippen molar-refractivity contribution >= 4 is 0 Å². The van der Waals surface area contributed by atoms with E-state index in [9.17, 15) is 0 Å². The number of likely N-dealkylation sites (tertiary alicyclic amines) is 1. The third-order valence-electron chi connectivity index (χ3n) is 4.41. The highest BCUT2D eigenvalue weighted by Gasteiger charge is 2.27. The molecular weight excluding hydrogens is 212 g/mol. The van der Waals surface area contributed by atoms with Crippen LogP contribution in [0.4, 0.5) is 0 Å². The van der Waals surface area contributed by atoms with E-state index >= 15 is 0 Å². The zero-order valence-electron chi connectivity index (χ0n) is 10.9. The van der Waals surface area contributed by atoms with Gasteiger partial charge in [-0.3, -0.25) is 0 Å². The Balaban J connectivity index is 1.34. The molecule has 0 aromatic rings. The Morgan fingerprint density at radius 2 is 2.06 bits per heavy atom. The lowest BCUT2D eigenvalue weighted by molar-refractivity contribution is 0.0413. The van der Waals surface area contributed by atoms with Crippen molar-refractivity contribution in [1.29, 1.82) is 0 Å². The second kappa shape index (κ2) is 5.68. The number of nitrogens with zero attached hydrogens (tertiary/aromatic N) is 1. The number of rotatable bonds is 5. The van der Waals surface area contributed by atoms with E-state index < -0.39 is 0 Å². The fourth-order valence-electron chi connectivity index (χ4n) is 3.18. The molecule has 2 saturated heterocycles. The van der Waals surface area contributed by atoms with Crippen LogP contribution in [0.25, 0.3) is 0 Å². The van der Waals surface area contributed by atoms with Gasteiger partial charge < -0.3 is 15.0 Å². The molecule has 3 aliphatic rings. The number of ether oxygens (including phenoxy) is 1. The second-order valence-electron chi connectivity index (χ2n) is 6.18. The van der Waals surface area contributed by atoms with Gasteiger partial charge in [-0.1, -0.05) is 0 Å². The summed E-state index contributed by atoms with van der Waals surface area (Å²) in [6.45, 7) is 7.15. The first-order valence-electron chi connectivity index (χ1n) is 7.43. The molecule has 0 aromatic carbocycles. The molecule has 1 aliphatic carbocycles. The number of nitrogens with one attached hydrogen (secondary N) is 1. The van der Waals surface area contributed by atoms with Crippen LogP contribution in [0.2, 0.25) is 0 Å². The standard InChI is InChI=1S/C14H26N2O/c1-2-13(11-17-7-1)10-16-6-5-12(9-16)8-15-14-3-4-14/h12-15H,1-11H2. The Bertz CT molecular complexity index is 236. The van der Waals surface area contributed by atoms with Crippen molar-refractivity contribution in [1.82, 2.24) is 10.2 Å². The van der Waals surface area contributed by atoms with Gasteiger partial charge in [-0.15, -0.1) is 0 Å².